The van der Waals surface area contributed by atoms with E-state index in [1.54, 1.807) is 31.4 Å². The first-order valence-corrected chi connectivity index (χ1v) is 4.11. The Morgan fingerprint density at radius 1 is 1.31 bits per heavy atom. The van der Waals surface area contributed by atoms with Gasteiger partial charge in [0, 0.05) is 0 Å². The van der Waals surface area contributed by atoms with Crippen molar-refractivity contribution in [2.24, 2.45) is 0 Å². The van der Waals surface area contributed by atoms with Crippen molar-refractivity contribution in [1.82, 2.24) is 0 Å². The fourth-order valence-corrected chi connectivity index (χ4v) is 1.07. The second kappa shape index (κ2) is 4.23. The van der Waals surface area contributed by atoms with E-state index in [0.717, 1.165) is 0 Å². The lowest BCUT2D eigenvalue weighted by Crippen LogP contribution is -2.09. The molecule has 0 aliphatic rings. The van der Waals surface area contributed by atoms with Crippen molar-refractivity contribution >= 4 is 0 Å². The van der Waals surface area contributed by atoms with Crippen molar-refractivity contribution in [3.05, 3.63) is 29.8 Å². The van der Waals surface area contributed by atoms with Crippen LogP contribution < -0.4 is 4.74 Å². The maximum absolute atomic E-state index is 13.2. The summed E-state index contributed by atoms with van der Waals surface area (Å²) in [6.45, 7) is 1.43. The number of hydrogen-bond acceptors (Lipinski definition) is 2. The van der Waals surface area contributed by atoms with Gasteiger partial charge in [0.15, 0.2) is 6.17 Å². The summed E-state index contributed by atoms with van der Waals surface area (Å²) < 4.78 is 18.1. The normalized spacial score (nSPS) is 15.1. The first-order chi connectivity index (χ1) is 6.15. The maximum atomic E-state index is 13.2. The van der Waals surface area contributed by atoms with Gasteiger partial charge in [-0.15, -0.1) is 0 Å². The molecule has 0 aliphatic carbocycles. The molecule has 0 saturated heterocycles. The quantitative estimate of drug-likeness (QED) is 0.779. The zero-order chi connectivity index (χ0) is 9.84. The summed E-state index contributed by atoms with van der Waals surface area (Å²) in [4.78, 5) is 0. The Hall–Kier alpha value is -1.09. The maximum Gasteiger partial charge on any atom is 0.151 e. The van der Waals surface area contributed by atoms with E-state index < -0.39 is 12.3 Å². The Labute approximate surface area is 77.0 Å². The van der Waals surface area contributed by atoms with Crippen molar-refractivity contribution in [3.63, 3.8) is 0 Å². The Balaban J connectivity index is 2.79. The average Bonchev–Trinajstić information content (AvgIpc) is 2.17. The molecular weight excluding hydrogens is 171 g/mol. The highest BCUT2D eigenvalue weighted by atomic mass is 19.1. The fraction of sp³-hybridized carbons (Fsp3) is 0.400. The summed E-state index contributed by atoms with van der Waals surface area (Å²) >= 11 is 0. The molecule has 1 aromatic carbocycles. The first kappa shape index (κ1) is 9.99. The SMILES string of the molecule is COc1ccc(C(F)C(C)O)cc1. The van der Waals surface area contributed by atoms with Gasteiger partial charge in [-0.25, -0.2) is 4.39 Å². The molecule has 2 unspecified atom stereocenters. The molecule has 0 fully saturated rings. The van der Waals surface area contributed by atoms with Gasteiger partial charge in [0.1, 0.15) is 5.75 Å². The molecule has 0 amide bonds. The summed E-state index contributed by atoms with van der Waals surface area (Å²) in [5.74, 6) is 0.682. The number of hydrogen-bond donors (Lipinski definition) is 1. The monoisotopic (exact) mass is 184 g/mol. The Kier molecular flexibility index (Phi) is 3.25. The summed E-state index contributed by atoms with van der Waals surface area (Å²) in [5.41, 5.74) is 0.468. The van der Waals surface area contributed by atoms with Crippen LogP contribution in [0.3, 0.4) is 0 Å². The van der Waals surface area contributed by atoms with E-state index in [4.69, 9.17) is 9.84 Å². The van der Waals surface area contributed by atoms with Crippen molar-refractivity contribution in [2.45, 2.75) is 19.2 Å². The van der Waals surface area contributed by atoms with Gasteiger partial charge in [-0.05, 0) is 24.6 Å². The van der Waals surface area contributed by atoms with Gasteiger partial charge >= 0.3 is 0 Å². The van der Waals surface area contributed by atoms with E-state index in [1.165, 1.54) is 6.92 Å². The first-order valence-electron chi connectivity index (χ1n) is 4.11. The lowest BCUT2D eigenvalue weighted by atomic mass is 10.1. The van der Waals surface area contributed by atoms with E-state index in [9.17, 15) is 4.39 Å². The van der Waals surface area contributed by atoms with E-state index in [0.29, 0.717) is 11.3 Å². The molecule has 0 saturated carbocycles. The predicted octanol–water partition coefficient (Wildman–Crippen LogP) is 2.09. The third-order valence-corrected chi connectivity index (χ3v) is 1.86. The number of aliphatic hydroxyl groups excluding tert-OH is 1. The molecule has 0 bridgehead atoms. The molecule has 13 heavy (non-hydrogen) atoms. The highest BCUT2D eigenvalue weighted by Crippen LogP contribution is 2.23. The Morgan fingerprint density at radius 2 is 1.85 bits per heavy atom. The molecule has 3 heteroatoms. The third kappa shape index (κ3) is 2.42. The van der Waals surface area contributed by atoms with E-state index in [1.807, 2.05) is 0 Å². The Bertz CT molecular complexity index is 256. The molecule has 1 rings (SSSR count). The molecule has 72 valence electrons. The van der Waals surface area contributed by atoms with Crippen molar-refractivity contribution in [3.8, 4) is 5.75 Å². The molecule has 1 N–H and O–H groups in total. The van der Waals surface area contributed by atoms with Gasteiger partial charge in [-0.2, -0.15) is 0 Å². The minimum absolute atomic E-state index is 0.468. The molecule has 0 heterocycles. The molecule has 2 atom stereocenters. The molecule has 0 spiro atoms. The largest absolute Gasteiger partial charge is 0.497 e. The van der Waals surface area contributed by atoms with Crippen molar-refractivity contribution in [2.75, 3.05) is 7.11 Å². The van der Waals surface area contributed by atoms with Gasteiger partial charge in [-0.1, -0.05) is 12.1 Å². The zero-order valence-corrected chi connectivity index (χ0v) is 7.70. The van der Waals surface area contributed by atoms with Crippen LogP contribution >= 0.6 is 0 Å². The standard InChI is InChI=1S/C10H13FO2/c1-7(12)10(11)8-3-5-9(13-2)6-4-8/h3-7,10,12H,1-2H3. The molecule has 2 nitrogen and oxygen atoms in total. The number of benzene rings is 1. The summed E-state index contributed by atoms with van der Waals surface area (Å²) in [6, 6.07) is 6.56. The lowest BCUT2D eigenvalue weighted by Gasteiger charge is -2.11. The molecule has 0 aromatic heterocycles. The number of halogens is 1. The smallest absolute Gasteiger partial charge is 0.151 e. The number of ether oxygens (including phenoxy) is 1. The van der Waals surface area contributed by atoms with Crippen LogP contribution in [0.5, 0.6) is 5.75 Å². The second-order valence-corrected chi connectivity index (χ2v) is 2.92. The van der Waals surface area contributed by atoms with E-state index >= 15 is 0 Å². The van der Waals surface area contributed by atoms with Crippen LogP contribution in [0.25, 0.3) is 0 Å². The van der Waals surface area contributed by atoms with E-state index in [2.05, 4.69) is 0 Å². The van der Waals surface area contributed by atoms with Crippen LogP contribution in [0.15, 0.2) is 24.3 Å². The number of rotatable bonds is 3. The van der Waals surface area contributed by atoms with Crippen LogP contribution in [0, 0.1) is 0 Å². The Morgan fingerprint density at radius 3 is 2.23 bits per heavy atom. The van der Waals surface area contributed by atoms with Crippen LogP contribution in [0.1, 0.15) is 18.7 Å². The van der Waals surface area contributed by atoms with Crippen molar-refractivity contribution < 1.29 is 14.2 Å². The van der Waals surface area contributed by atoms with Gasteiger partial charge in [0.25, 0.3) is 0 Å². The topological polar surface area (TPSA) is 29.5 Å². The van der Waals surface area contributed by atoms with Gasteiger partial charge in [0.05, 0.1) is 13.2 Å². The van der Waals surface area contributed by atoms with Gasteiger partial charge in [0.2, 0.25) is 0 Å². The van der Waals surface area contributed by atoms with Gasteiger partial charge < -0.3 is 9.84 Å². The summed E-state index contributed by atoms with van der Waals surface area (Å²) in [5, 5.41) is 8.99. The molecule has 0 aliphatic heterocycles. The zero-order valence-electron chi connectivity index (χ0n) is 7.70. The highest BCUT2D eigenvalue weighted by Gasteiger charge is 2.15. The summed E-state index contributed by atoms with van der Waals surface area (Å²) in [7, 11) is 1.55. The van der Waals surface area contributed by atoms with Crippen molar-refractivity contribution in [1.29, 1.82) is 0 Å². The highest BCUT2D eigenvalue weighted by molar-refractivity contribution is 5.28. The molecule has 0 radical (unpaired) electrons. The molecule has 1 aromatic rings. The van der Waals surface area contributed by atoms with Crippen LogP contribution in [0.4, 0.5) is 4.39 Å². The number of methoxy groups -OCH3 is 1. The van der Waals surface area contributed by atoms with Crippen LogP contribution in [-0.4, -0.2) is 18.3 Å². The minimum atomic E-state index is -1.33. The average molecular weight is 184 g/mol. The summed E-state index contributed by atoms with van der Waals surface area (Å²) in [6.07, 6.45) is -2.31. The predicted molar refractivity (Wildman–Crippen MR) is 48.5 cm³/mol. The second-order valence-electron chi connectivity index (χ2n) is 2.92. The van der Waals surface area contributed by atoms with Crippen LogP contribution in [0.2, 0.25) is 0 Å². The minimum Gasteiger partial charge on any atom is -0.497 e. The fourth-order valence-electron chi connectivity index (χ4n) is 1.07. The number of aliphatic hydroxyl groups is 1. The third-order valence-electron chi connectivity index (χ3n) is 1.86. The van der Waals surface area contributed by atoms with Gasteiger partial charge in [-0.3, -0.25) is 0 Å². The lowest BCUT2D eigenvalue weighted by molar-refractivity contribution is 0.0933. The van der Waals surface area contributed by atoms with Crippen LogP contribution in [-0.2, 0) is 0 Å². The number of alkyl halides is 1. The molecular formula is C10H13FO2. The van der Waals surface area contributed by atoms with E-state index in [-0.39, 0.29) is 0 Å².